The predicted molar refractivity (Wildman–Crippen MR) is 89.8 cm³/mol. The summed E-state index contributed by atoms with van der Waals surface area (Å²) in [7, 11) is 0. The van der Waals surface area contributed by atoms with Crippen LogP contribution in [0.4, 0.5) is 0 Å². The summed E-state index contributed by atoms with van der Waals surface area (Å²) >= 11 is 2.42. The van der Waals surface area contributed by atoms with Crippen LogP contribution in [-0.2, 0) is 14.3 Å². The molecule has 5 unspecified atom stereocenters. The topological polar surface area (TPSA) is 116 Å². The molecule has 0 bridgehead atoms. The molecule has 2 saturated heterocycles. The molecule has 2 aliphatic heterocycles. The minimum Gasteiger partial charge on any atom is -0.387 e. The van der Waals surface area contributed by atoms with Crippen LogP contribution in [0.15, 0.2) is 0 Å². The monoisotopic (exact) mass is 380 g/mol. The van der Waals surface area contributed by atoms with Gasteiger partial charge in [0.05, 0.1) is 6.61 Å². The van der Waals surface area contributed by atoms with Gasteiger partial charge in [-0.1, -0.05) is 0 Å². The highest BCUT2D eigenvalue weighted by Gasteiger charge is 2.68. The maximum atomic E-state index is 12.7. The number of carbonyl (C=O) groups excluding carboxylic acids is 1. The predicted octanol–water partition coefficient (Wildman–Crippen LogP) is -0.507. The van der Waals surface area contributed by atoms with E-state index in [1.807, 2.05) is 0 Å². The summed E-state index contributed by atoms with van der Waals surface area (Å²) in [4.78, 5) is 12.7. The van der Waals surface area contributed by atoms with Crippen molar-refractivity contribution >= 4 is 29.3 Å². The first-order chi connectivity index (χ1) is 11.4. The molecule has 5 atom stereocenters. The van der Waals surface area contributed by atoms with Crippen molar-refractivity contribution in [3.63, 3.8) is 0 Å². The lowest BCUT2D eigenvalue weighted by Gasteiger charge is -2.54. The lowest BCUT2D eigenvalue weighted by atomic mass is 9.77. The third-order valence-corrected chi connectivity index (χ3v) is 8.44. The van der Waals surface area contributed by atoms with Gasteiger partial charge in [0.25, 0.3) is 0 Å². The molecule has 3 aliphatic rings. The summed E-state index contributed by atoms with van der Waals surface area (Å²) in [6, 6.07) is 0. The number of thioether (sulfide) groups is 2. The number of ketones is 1. The quantitative estimate of drug-likeness (QED) is 0.514. The Morgan fingerprint density at radius 2 is 1.88 bits per heavy atom. The molecule has 7 nitrogen and oxygen atoms in total. The molecule has 0 aromatic carbocycles. The SMILES string of the molecule is O=C1C(O)C(O)C(O)C(O)(COC2CCCCO2)C12SCCCS2. The molecule has 9 heteroatoms. The maximum absolute atomic E-state index is 12.7. The van der Waals surface area contributed by atoms with Crippen LogP contribution in [-0.4, -0.2) is 85.2 Å². The van der Waals surface area contributed by atoms with E-state index in [0.717, 1.165) is 19.3 Å². The molecule has 1 aliphatic carbocycles. The first-order valence-corrected chi connectivity index (χ1v) is 10.2. The summed E-state index contributed by atoms with van der Waals surface area (Å²) in [6.07, 6.45) is -2.21. The van der Waals surface area contributed by atoms with E-state index in [1.165, 1.54) is 23.5 Å². The molecule has 1 spiro atoms. The second kappa shape index (κ2) is 7.40. The number of aliphatic hydroxyl groups excluding tert-OH is 3. The van der Waals surface area contributed by atoms with E-state index in [9.17, 15) is 25.2 Å². The average molecular weight is 380 g/mol. The number of carbonyl (C=O) groups is 1. The largest absolute Gasteiger partial charge is 0.387 e. The first-order valence-electron chi connectivity index (χ1n) is 8.24. The van der Waals surface area contributed by atoms with Crippen molar-refractivity contribution in [1.82, 2.24) is 0 Å². The third-order valence-electron chi connectivity index (χ3n) is 4.83. The Bertz CT molecular complexity index is 465. The number of Topliss-reactive ketones (excluding diaryl/α,β-unsaturated/α-hetero) is 1. The Kier molecular flexibility index (Phi) is 5.83. The summed E-state index contributed by atoms with van der Waals surface area (Å²) in [5.74, 6) is 0.582. The zero-order valence-corrected chi connectivity index (χ0v) is 14.9. The second-order valence-corrected chi connectivity index (χ2v) is 9.32. The first kappa shape index (κ1) is 18.9. The molecular formula is C15H24O7S2. The fourth-order valence-electron chi connectivity index (χ4n) is 3.38. The van der Waals surface area contributed by atoms with Crippen molar-refractivity contribution in [3.8, 4) is 0 Å². The molecule has 4 N–H and O–H groups in total. The maximum Gasteiger partial charge on any atom is 0.193 e. The molecule has 0 aromatic heterocycles. The fraction of sp³-hybridized carbons (Fsp3) is 0.933. The Hall–Kier alpha value is 0.130. The van der Waals surface area contributed by atoms with E-state index in [0.29, 0.717) is 24.5 Å². The minimum atomic E-state index is -2.00. The summed E-state index contributed by atoms with van der Waals surface area (Å²) in [6.45, 7) is 0.231. The van der Waals surface area contributed by atoms with E-state index in [-0.39, 0.29) is 6.61 Å². The highest BCUT2D eigenvalue weighted by atomic mass is 32.2. The van der Waals surface area contributed by atoms with Crippen molar-refractivity contribution < 1.29 is 34.7 Å². The highest BCUT2D eigenvalue weighted by molar-refractivity contribution is 8.20. The number of hydrogen-bond acceptors (Lipinski definition) is 9. The van der Waals surface area contributed by atoms with Gasteiger partial charge in [0.15, 0.2) is 16.2 Å². The van der Waals surface area contributed by atoms with E-state index in [2.05, 4.69) is 0 Å². The lowest BCUT2D eigenvalue weighted by molar-refractivity contribution is -0.235. The number of aliphatic hydroxyl groups is 4. The van der Waals surface area contributed by atoms with Gasteiger partial charge in [-0.2, -0.15) is 0 Å². The number of hydrogen-bond donors (Lipinski definition) is 4. The Balaban J connectivity index is 1.85. The summed E-state index contributed by atoms with van der Waals surface area (Å²) in [5, 5.41) is 41.7. The zero-order chi connectivity index (χ0) is 17.4. The van der Waals surface area contributed by atoms with Crippen molar-refractivity contribution in [2.45, 2.75) is 60.0 Å². The van der Waals surface area contributed by atoms with Crippen LogP contribution in [0.5, 0.6) is 0 Å². The van der Waals surface area contributed by atoms with E-state index < -0.39 is 40.1 Å². The molecule has 24 heavy (non-hydrogen) atoms. The zero-order valence-electron chi connectivity index (χ0n) is 13.3. The number of ether oxygens (including phenoxy) is 2. The lowest BCUT2D eigenvalue weighted by Crippen LogP contribution is -2.75. The van der Waals surface area contributed by atoms with Crippen LogP contribution in [0, 0.1) is 0 Å². The molecule has 0 radical (unpaired) electrons. The Labute approximate surface area is 149 Å². The van der Waals surface area contributed by atoms with Gasteiger partial charge in [-0.15, -0.1) is 23.5 Å². The molecular weight excluding hydrogens is 356 g/mol. The van der Waals surface area contributed by atoms with Crippen molar-refractivity contribution in [2.75, 3.05) is 24.7 Å². The van der Waals surface area contributed by atoms with Crippen molar-refractivity contribution in [3.05, 3.63) is 0 Å². The smallest absolute Gasteiger partial charge is 0.193 e. The van der Waals surface area contributed by atoms with Crippen molar-refractivity contribution in [2.24, 2.45) is 0 Å². The van der Waals surface area contributed by atoms with Gasteiger partial charge in [-0.25, -0.2) is 0 Å². The molecule has 3 rings (SSSR count). The van der Waals surface area contributed by atoms with Gasteiger partial charge >= 0.3 is 0 Å². The summed E-state index contributed by atoms with van der Waals surface area (Å²) < 4.78 is 9.68. The van der Waals surface area contributed by atoms with E-state index >= 15 is 0 Å². The molecule has 138 valence electrons. The van der Waals surface area contributed by atoms with Gasteiger partial charge in [-0.3, -0.25) is 4.79 Å². The fourth-order valence-corrected chi connectivity index (χ4v) is 6.93. The standard InChI is InChI=1S/C15H24O7S2/c16-10-11(17)13(19)15(23-6-3-7-24-15)14(20,12(10)18)8-22-9-4-1-2-5-21-9/h9-12,16-18,20H,1-8H2. The molecule has 0 aromatic rings. The van der Waals surface area contributed by atoms with Crippen LogP contribution in [0.1, 0.15) is 25.7 Å². The van der Waals surface area contributed by atoms with Crippen LogP contribution >= 0.6 is 23.5 Å². The Morgan fingerprint density at radius 1 is 1.17 bits per heavy atom. The number of rotatable bonds is 3. The van der Waals surface area contributed by atoms with Gasteiger partial charge in [-0.05, 0) is 37.2 Å². The van der Waals surface area contributed by atoms with E-state index in [1.54, 1.807) is 0 Å². The molecule has 0 amide bonds. The van der Waals surface area contributed by atoms with Gasteiger partial charge in [0, 0.05) is 6.61 Å². The van der Waals surface area contributed by atoms with Crippen LogP contribution < -0.4 is 0 Å². The second-order valence-electron chi connectivity index (χ2n) is 6.44. The molecule has 3 fully saturated rings. The minimum absolute atomic E-state index is 0.339. The van der Waals surface area contributed by atoms with Crippen LogP contribution in [0.2, 0.25) is 0 Å². The highest BCUT2D eigenvalue weighted by Crippen LogP contribution is 2.55. The van der Waals surface area contributed by atoms with Gasteiger partial charge in [0.2, 0.25) is 0 Å². The van der Waals surface area contributed by atoms with Gasteiger partial charge in [0.1, 0.15) is 23.9 Å². The van der Waals surface area contributed by atoms with Crippen LogP contribution in [0.3, 0.4) is 0 Å². The normalized spacial score (nSPS) is 43.1. The summed E-state index contributed by atoms with van der Waals surface area (Å²) in [5.41, 5.74) is -2.00. The van der Waals surface area contributed by atoms with Crippen LogP contribution in [0.25, 0.3) is 0 Å². The van der Waals surface area contributed by atoms with E-state index in [4.69, 9.17) is 9.47 Å². The van der Waals surface area contributed by atoms with Gasteiger partial charge < -0.3 is 29.9 Å². The third kappa shape index (κ3) is 3.03. The average Bonchev–Trinajstić information content (AvgIpc) is 2.64. The molecule has 2 heterocycles. The molecule has 1 saturated carbocycles. The van der Waals surface area contributed by atoms with Crippen molar-refractivity contribution in [1.29, 1.82) is 0 Å². The Morgan fingerprint density at radius 3 is 2.50 bits per heavy atom.